The standard InChI is InChI=1S/C18H15BrN2O2S/c1-2-21-16(12-6-4-3-5-7-12)11-24-18(21)20-13-8-9-14(17(22)23)15(19)10-13/h3-11H,2H2,1H3,(H,22,23). The van der Waals surface area contributed by atoms with Gasteiger partial charge in [-0.3, -0.25) is 0 Å². The van der Waals surface area contributed by atoms with Crippen molar-refractivity contribution in [3.63, 3.8) is 0 Å². The fraction of sp³-hybridized carbons (Fsp3) is 0.111. The first-order valence-electron chi connectivity index (χ1n) is 7.41. The van der Waals surface area contributed by atoms with Crippen LogP contribution in [0.4, 0.5) is 5.69 Å². The number of halogens is 1. The van der Waals surface area contributed by atoms with Crippen molar-refractivity contribution in [2.24, 2.45) is 4.99 Å². The highest BCUT2D eigenvalue weighted by Gasteiger charge is 2.09. The molecular formula is C18H15BrN2O2S. The lowest BCUT2D eigenvalue weighted by Gasteiger charge is -2.06. The van der Waals surface area contributed by atoms with E-state index in [1.165, 1.54) is 0 Å². The monoisotopic (exact) mass is 402 g/mol. The number of rotatable bonds is 4. The number of hydrogen-bond donors (Lipinski definition) is 1. The van der Waals surface area contributed by atoms with Crippen molar-refractivity contribution in [2.75, 3.05) is 0 Å². The van der Waals surface area contributed by atoms with Gasteiger partial charge in [-0.2, -0.15) is 0 Å². The van der Waals surface area contributed by atoms with Crippen LogP contribution in [0.2, 0.25) is 0 Å². The summed E-state index contributed by atoms with van der Waals surface area (Å²) >= 11 is 4.87. The molecule has 0 amide bonds. The molecule has 0 unspecified atom stereocenters. The normalized spacial score (nSPS) is 11.7. The fourth-order valence-corrected chi connectivity index (χ4v) is 3.95. The van der Waals surface area contributed by atoms with Crippen molar-refractivity contribution >= 4 is 38.9 Å². The zero-order chi connectivity index (χ0) is 17.1. The second kappa shape index (κ2) is 7.15. The van der Waals surface area contributed by atoms with Gasteiger partial charge in [-0.1, -0.05) is 30.3 Å². The molecule has 6 heteroatoms. The Morgan fingerprint density at radius 1 is 1.25 bits per heavy atom. The third kappa shape index (κ3) is 3.34. The van der Waals surface area contributed by atoms with Crippen LogP contribution in [0.3, 0.4) is 0 Å². The van der Waals surface area contributed by atoms with E-state index in [-0.39, 0.29) is 5.56 Å². The summed E-state index contributed by atoms with van der Waals surface area (Å²) in [5, 5.41) is 11.2. The summed E-state index contributed by atoms with van der Waals surface area (Å²) < 4.78 is 2.68. The Balaban J connectivity index is 2.07. The van der Waals surface area contributed by atoms with Crippen LogP contribution in [0.1, 0.15) is 17.3 Å². The van der Waals surface area contributed by atoms with E-state index in [0.29, 0.717) is 4.47 Å². The van der Waals surface area contributed by atoms with E-state index in [9.17, 15) is 4.79 Å². The van der Waals surface area contributed by atoms with Crippen LogP contribution < -0.4 is 4.80 Å². The van der Waals surface area contributed by atoms with Gasteiger partial charge >= 0.3 is 5.97 Å². The highest BCUT2D eigenvalue weighted by atomic mass is 79.9. The Bertz CT molecular complexity index is 945. The number of aromatic carboxylic acids is 1. The van der Waals surface area contributed by atoms with E-state index in [1.807, 2.05) is 18.2 Å². The first kappa shape index (κ1) is 16.7. The van der Waals surface area contributed by atoms with Gasteiger partial charge in [0.2, 0.25) is 0 Å². The lowest BCUT2D eigenvalue weighted by Crippen LogP contribution is -2.14. The van der Waals surface area contributed by atoms with Crippen LogP contribution in [0.5, 0.6) is 0 Å². The molecule has 0 saturated carbocycles. The first-order valence-corrected chi connectivity index (χ1v) is 9.08. The average Bonchev–Trinajstić information content (AvgIpc) is 2.98. The Morgan fingerprint density at radius 2 is 2.00 bits per heavy atom. The number of carboxylic acids is 1. The summed E-state index contributed by atoms with van der Waals surface area (Å²) in [6.45, 7) is 2.89. The van der Waals surface area contributed by atoms with Gasteiger partial charge in [-0.25, -0.2) is 9.79 Å². The number of carboxylic acid groups (broad SMARTS) is 1. The second-order valence-corrected chi connectivity index (χ2v) is 6.79. The lowest BCUT2D eigenvalue weighted by molar-refractivity contribution is 0.0696. The number of aromatic nitrogens is 1. The Kier molecular flexibility index (Phi) is 4.97. The maximum absolute atomic E-state index is 11.1. The highest BCUT2D eigenvalue weighted by molar-refractivity contribution is 9.10. The van der Waals surface area contributed by atoms with Gasteiger partial charge < -0.3 is 9.67 Å². The first-order chi connectivity index (χ1) is 11.6. The SMILES string of the molecule is CCn1c(-c2ccccc2)csc1=Nc1ccc(C(=O)O)c(Br)c1. The summed E-state index contributed by atoms with van der Waals surface area (Å²) in [7, 11) is 0. The van der Waals surface area contributed by atoms with Crippen molar-refractivity contribution in [2.45, 2.75) is 13.5 Å². The molecule has 24 heavy (non-hydrogen) atoms. The summed E-state index contributed by atoms with van der Waals surface area (Å²) in [6, 6.07) is 15.2. The van der Waals surface area contributed by atoms with E-state index >= 15 is 0 Å². The molecule has 0 radical (unpaired) electrons. The molecule has 0 spiro atoms. The van der Waals surface area contributed by atoms with Crippen LogP contribution >= 0.6 is 27.3 Å². The summed E-state index contributed by atoms with van der Waals surface area (Å²) in [5.41, 5.74) is 3.23. The molecule has 3 rings (SSSR count). The maximum Gasteiger partial charge on any atom is 0.336 e. The summed E-state index contributed by atoms with van der Waals surface area (Å²) in [4.78, 5) is 16.6. The Labute approximate surface area is 151 Å². The predicted octanol–water partition coefficient (Wildman–Crippen LogP) is 4.93. The molecule has 3 aromatic rings. The molecule has 4 nitrogen and oxygen atoms in total. The minimum Gasteiger partial charge on any atom is -0.478 e. The molecule has 0 atom stereocenters. The third-order valence-corrected chi connectivity index (χ3v) is 5.11. The smallest absolute Gasteiger partial charge is 0.336 e. The van der Waals surface area contributed by atoms with Crippen molar-refractivity contribution in [3.8, 4) is 11.3 Å². The molecule has 0 aliphatic rings. The van der Waals surface area contributed by atoms with Crippen molar-refractivity contribution in [1.82, 2.24) is 4.57 Å². The largest absolute Gasteiger partial charge is 0.478 e. The van der Waals surface area contributed by atoms with Gasteiger partial charge in [0.05, 0.1) is 16.9 Å². The predicted molar refractivity (Wildman–Crippen MR) is 99.7 cm³/mol. The Morgan fingerprint density at radius 3 is 2.62 bits per heavy atom. The number of nitrogens with zero attached hydrogens (tertiary/aromatic N) is 2. The quantitative estimate of drug-likeness (QED) is 0.672. The van der Waals surface area contributed by atoms with Gasteiger partial charge in [0.15, 0.2) is 4.80 Å². The van der Waals surface area contributed by atoms with Crippen LogP contribution in [-0.4, -0.2) is 15.6 Å². The van der Waals surface area contributed by atoms with Crippen LogP contribution in [0.15, 0.2) is 63.4 Å². The summed E-state index contributed by atoms with van der Waals surface area (Å²) in [5.74, 6) is -0.959. The molecule has 0 aliphatic heterocycles. The van der Waals surface area contributed by atoms with Crippen molar-refractivity contribution in [3.05, 3.63) is 68.7 Å². The third-order valence-electron chi connectivity index (χ3n) is 3.59. The maximum atomic E-state index is 11.1. The van der Waals surface area contributed by atoms with Crippen molar-refractivity contribution in [1.29, 1.82) is 0 Å². The van der Waals surface area contributed by atoms with E-state index in [2.05, 4.69) is 49.9 Å². The molecule has 0 aliphatic carbocycles. The zero-order valence-electron chi connectivity index (χ0n) is 12.9. The van der Waals surface area contributed by atoms with Gasteiger partial charge in [0.25, 0.3) is 0 Å². The van der Waals surface area contributed by atoms with E-state index in [4.69, 9.17) is 5.11 Å². The fourth-order valence-electron chi connectivity index (χ4n) is 2.42. The molecule has 0 saturated heterocycles. The van der Waals surface area contributed by atoms with Gasteiger partial charge in [-0.05, 0) is 46.6 Å². The molecule has 122 valence electrons. The topological polar surface area (TPSA) is 54.6 Å². The molecule has 2 aromatic carbocycles. The molecule has 1 aromatic heterocycles. The summed E-state index contributed by atoms with van der Waals surface area (Å²) in [6.07, 6.45) is 0. The second-order valence-electron chi connectivity index (χ2n) is 5.09. The van der Waals surface area contributed by atoms with E-state index in [1.54, 1.807) is 29.5 Å². The van der Waals surface area contributed by atoms with Gasteiger partial charge in [0.1, 0.15) is 0 Å². The number of thiazole rings is 1. The number of benzene rings is 2. The lowest BCUT2D eigenvalue weighted by atomic mass is 10.2. The molecule has 1 heterocycles. The van der Waals surface area contributed by atoms with E-state index < -0.39 is 5.97 Å². The molecule has 1 N–H and O–H groups in total. The average molecular weight is 403 g/mol. The number of carbonyl (C=O) groups is 1. The molecule has 0 bridgehead atoms. The zero-order valence-corrected chi connectivity index (χ0v) is 15.3. The molecule has 0 fully saturated rings. The number of hydrogen-bond acceptors (Lipinski definition) is 3. The molecular weight excluding hydrogens is 388 g/mol. The van der Waals surface area contributed by atoms with Crippen LogP contribution in [-0.2, 0) is 6.54 Å². The van der Waals surface area contributed by atoms with Crippen LogP contribution in [0.25, 0.3) is 11.3 Å². The van der Waals surface area contributed by atoms with Gasteiger partial charge in [0, 0.05) is 16.4 Å². The van der Waals surface area contributed by atoms with Gasteiger partial charge in [-0.15, -0.1) is 11.3 Å². The minimum absolute atomic E-state index is 0.230. The minimum atomic E-state index is -0.959. The van der Waals surface area contributed by atoms with Crippen molar-refractivity contribution < 1.29 is 9.90 Å². The van der Waals surface area contributed by atoms with Crippen LogP contribution in [0, 0.1) is 0 Å². The van der Waals surface area contributed by atoms with E-state index in [0.717, 1.165) is 28.3 Å². The Hall–Kier alpha value is -2.18. The highest BCUT2D eigenvalue weighted by Crippen LogP contribution is 2.24.